The van der Waals surface area contributed by atoms with E-state index in [0.29, 0.717) is 12.1 Å². The zero-order valence-corrected chi connectivity index (χ0v) is 18.1. The molecule has 2 aromatic carbocycles. The summed E-state index contributed by atoms with van der Waals surface area (Å²) in [6.07, 6.45) is 0.115. The van der Waals surface area contributed by atoms with Crippen molar-refractivity contribution in [3.05, 3.63) is 65.7 Å². The van der Waals surface area contributed by atoms with Crippen molar-refractivity contribution in [2.24, 2.45) is 0 Å². The molecule has 0 saturated carbocycles. The van der Waals surface area contributed by atoms with Crippen LogP contribution in [0.1, 0.15) is 36.2 Å². The van der Waals surface area contributed by atoms with E-state index in [-0.39, 0.29) is 34.8 Å². The van der Waals surface area contributed by atoms with Gasteiger partial charge in [-0.25, -0.2) is 16.8 Å². The molecule has 1 atom stereocenters. The van der Waals surface area contributed by atoms with Crippen molar-refractivity contribution in [2.75, 3.05) is 11.5 Å². The van der Waals surface area contributed by atoms with Crippen LogP contribution < -0.4 is 0 Å². The van der Waals surface area contributed by atoms with Crippen molar-refractivity contribution in [2.45, 2.75) is 43.0 Å². The molecule has 2 aromatic rings. The van der Waals surface area contributed by atoms with Crippen LogP contribution in [0.15, 0.2) is 59.5 Å². The molecule has 0 N–H and O–H groups in total. The molecule has 29 heavy (non-hydrogen) atoms. The molecule has 156 valence electrons. The lowest BCUT2D eigenvalue weighted by Gasteiger charge is -2.27. The highest BCUT2D eigenvalue weighted by Crippen LogP contribution is 2.26. The monoisotopic (exact) mass is 435 g/mol. The Morgan fingerprint density at radius 3 is 2.21 bits per heavy atom. The van der Waals surface area contributed by atoms with Crippen LogP contribution in [-0.2, 0) is 26.2 Å². The van der Waals surface area contributed by atoms with E-state index in [0.717, 1.165) is 5.56 Å². The normalized spacial score (nSPS) is 18.7. The molecule has 0 aliphatic carbocycles. The highest BCUT2D eigenvalue weighted by Gasteiger charge is 2.38. The summed E-state index contributed by atoms with van der Waals surface area (Å²) in [5.41, 5.74) is 1.41. The maximum Gasteiger partial charge on any atom is 0.254 e. The SMILES string of the molecule is CC(C)N(Cc1ccccc1)C(=O)c1ccc(S(=O)(=O)[C@H]2CCS(=O)(=O)C2)cc1. The molecule has 6 nitrogen and oxygen atoms in total. The average molecular weight is 436 g/mol. The Labute approximate surface area is 172 Å². The minimum absolute atomic E-state index is 0.0326. The molecule has 3 rings (SSSR count). The topological polar surface area (TPSA) is 88.6 Å². The number of sulfone groups is 2. The van der Waals surface area contributed by atoms with Crippen LogP contribution in [0.3, 0.4) is 0 Å². The minimum atomic E-state index is -3.74. The van der Waals surface area contributed by atoms with Gasteiger partial charge in [0.2, 0.25) is 0 Å². The van der Waals surface area contributed by atoms with Crippen LogP contribution in [0.2, 0.25) is 0 Å². The van der Waals surface area contributed by atoms with E-state index >= 15 is 0 Å². The Bertz CT molecular complexity index is 1080. The molecule has 1 heterocycles. The molecule has 1 saturated heterocycles. The van der Waals surface area contributed by atoms with Gasteiger partial charge in [-0.3, -0.25) is 4.79 Å². The minimum Gasteiger partial charge on any atom is -0.332 e. The van der Waals surface area contributed by atoms with Crippen LogP contribution in [-0.4, -0.2) is 50.4 Å². The van der Waals surface area contributed by atoms with Gasteiger partial charge in [0.1, 0.15) is 0 Å². The molecule has 0 unspecified atom stereocenters. The molecule has 0 spiro atoms. The van der Waals surface area contributed by atoms with E-state index in [1.165, 1.54) is 24.3 Å². The maximum atomic E-state index is 13.0. The summed E-state index contributed by atoms with van der Waals surface area (Å²) in [4.78, 5) is 14.8. The smallest absolute Gasteiger partial charge is 0.254 e. The number of hydrogen-bond acceptors (Lipinski definition) is 5. The summed E-state index contributed by atoms with van der Waals surface area (Å²) < 4.78 is 48.7. The molecule has 0 bridgehead atoms. The van der Waals surface area contributed by atoms with Crippen LogP contribution in [0.5, 0.6) is 0 Å². The third-order valence-electron chi connectivity index (χ3n) is 5.14. The largest absolute Gasteiger partial charge is 0.332 e. The molecule has 1 aliphatic rings. The summed E-state index contributed by atoms with van der Waals surface area (Å²) in [6, 6.07) is 15.4. The summed E-state index contributed by atoms with van der Waals surface area (Å²) >= 11 is 0. The first-order valence-electron chi connectivity index (χ1n) is 9.49. The molecule has 1 fully saturated rings. The van der Waals surface area contributed by atoms with E-state index in [1.54, 1.807) is 4.90 Å². The summed E-state index contributed by atoms with van der Waals surface area (Å²) in [6.45, 7) is 4.32. The van der Waals surface area contributed by atoms with Crippen molar-refractivity contribution < 1.29 is 21.6 Å². The third-order valence-corrected chi connectivity index (χ3v) is 9.33. The predicted molar refractivity (Wildman–Crippen MR) is 112 cm³/mol. The van der Waals surface area contributed by atoms with Gasteiger partial charge >= 0.3 is 0 Å². The Morgan fingerprint density at radius 1 is 1.07 bits per heavy atom. The van der Waals surface area contributed by atoms with E-state index in [9.17, 15) is 21.6 Å². The fraction of sp³-hybridized carbons (Fsp3) is 0.381. The van der Waals surface area contributed by atoms with Gasteiger partial charge in [-0.1, -0.05) is 30.3 Å². The highest BCUT2D eigenvalue weighted by atomic mass is 32.2. The lowest BCUT2D eigenvalue weighted by molar-refractivity contribution is 0.0690. The Balaban J connectivity index is 1.80. The zero-order valence-electron chi connectivity index (χ0n) is 16.5. The van der Waals surface area contributed by atoms with Gasteiger partial charge in [0, 0.05) is 18.2 Å². The van der Waals surface area contributed by atoms with Crippen LogP contribution >= 0.6 is 0 Å². The van der Waals surface area contributed by atoms with Gasteiger partial charge in [-0.15, -0.1) is 0 Å². The maximum absolute atomic E-state index is 13.0. The van der Waals surface area contributed by atoms with Crippen molar-refractivity contribution in [1.82, 2.24) is 4.90 Å². The van der Waals surface area contributed by atoms with Gasteiger partial charge in [-0.2, -0.15) is 0 Å². The summed E-state index contributed by atoms with van der Waals surface area (Å²) in [5, 5.41) is -0.917. The quantitative estimate of drug-likeness (QED) is 0.696. The average Bonchev–Trinajstić information content (AvgIpc) is 3.07. The molecule has 1 amide bonds. The number of carbonyl (C=O) groups excluding carboxylic acids is 1. The Hall–Kier alpha value is -2.19. The lowest BCUT2D eigenvalue weighted by Crippen LogP contribution is -2.36. The van der Waals surface area contributed by atoms with Gasteiger partial charge in [0.15, 0.2) is 19.7 Å². The second-order valence-electron chi connectivity index (χ2n) is 7.61. The van der Waals surface area contributed by atoms with E-state index in [2.05, 4.69) is 0 Å². The number of carbonyl (C=O) groups is 1. The fourth-order valence-electron chi connectivity index (χ4n) is 3.42. The fourth-order valence-corrected chi connectivity index (χ4v) is 7.78. The second-order valence-corrected chi connectivity index (χ2v) is 12.1. The van der Waals surface area contributed by atoms with Crippen LogP contribution in [0, 0.1) is 0 Å². The summed E-state index contributed by atoms with van der Waals surface area (Å²) in [5.74, 6) is -0.624. The first kappa shape index (κ1) is 21.5. The van der Waals surface area contributed by atoms with Gasteiger partial charge < -0.3 is 4.90 Å². The number of nitrogens with zero attached hydrogens (tertiary/aromatic N) is 1. The summed E-state index contributed by atoms with van der Waals surface area (Å²) in [7, 11) is -7.04. The number of benzene rings is 2. The highest BCUT2D eigenvalue weighted by molar-refractivity contribution is 7.96. The second kappa shape index (κ2) is 8.28. The molecular formula is C21H25NO5S2. The van der Waals surface area contributed by atoms with Gasteiger partial charge in [0.25, 0.3) is 5.91 Å². The first-order valence-corrected chi connectivity index (χ1v) is 12.9. The Kier molecular flexibility index (Phi) is 6.14. The number of amides is 1. The molecule has 0 radical (unpaired) electrons. The van der Waals surface area contributed by atoms with Crippen molar-refractivity contribution in [3.8, 4) is 0 Å². The van der Waals surface area contributed by atoms with Crippen molar-refractivity contribution in [1.29, 1.82) is 0 Å². The Morgan fingerprint density at radius 2 is 1.69 bits per heavy atom. The lowest BCUT2D eigenvalue weighted by atomic mass is 10.1. The predicted octanol–water partition coefficient (Wildman–Crippen LogP) is 2.70. The van der Waals surface area contributed by atoms with Crippen molar-refractivity contribution >= 4 is 25.6 Å². The standard InChI is InChI=1S/C21H25NO5S2/c1-16(2)22(14-17-6-4-3-5-7-17)21(23)18-8-10-19(11-9-18)29(26,27)20-12-13-28(24,25)15-20/h3-11,16,20H,12-15H2,1-2H3/t20-/m0/s1. The number of hydrogen-bond donors (Lipinski definition) is 0. The third kappa shape index (κ3) is 4.87. The first-order chi connectivity index (χ1) is 13.6. The molecule has 1 aliphatic heterocycles. The van der Waals surface area contributed by atoms with Gasteiger partial charge in [0.05, 0.1) is 21.7 Å². The van der Waals surface area contributed by atoms with Crippen LogP contribution in [0.25, 0.3) is 0 Å². The van der Waals surface area contributed by atoms with Gasteiger partial charge in [-0.05, 0) is 50.1 Å². The van der Waals surface area contributed by atoms with Crippen LogP contribution in [0.4, 0.5) is 0 Å². The van der Waals surface area contributed by atoms with E-state index in [4.69, 9.17) is 0 Å². The molecule has 8 heteroatoms. The molecular weight excluding hydrogens is 410 g/mol. The molecule has 0 aromatic heterocycles. The zero-order chi connectivity index (χ0) is 21.2. The van der Waals surface area contributed by atoms with E-state index in [1.807, 2.05) is 44.2 Å². The number of rotatable bonds is 6. The van der Waals surface area contributed by atoms with Crippen molar-refractivity contribution in [3.63, 3.8) is 0 Å². The van der Waals surface area contributed by atoms with E-state index < -0.39 is 24.9 Å².